The molecule has 0 aromatic carbocycles. The fourth-order valence-electron chi connectivity index (χ4n) is 1.26. The first kappa shape index (κ1) is 10.6. The van der Waals surface area contributed by atoms with Gasteiger partial charge < -0.3 is 14.6 Å². The molecule has 0 saturated heterocycles. The van der Waals surface area contributed by atoms with Gasteiger partial charge in [-0.3, -0.25) is 4.79 Å². The van der Waals surface area contributed by atoms with Crippen molar-refractivity contribution in [1.82, 2.24) is 9.55 Å². The lowest BCUT2D eigenvalue weighted by atomic mass is 10.3. The summed E-state index contributed by atoms with van der Waals surface area (Å²) in [4.78, 5) is 16.5. The van der Waals surface area contributed by atoms with E-state index in [9.17, 15) is 4.79 Å². The highest BCUT2D eigenvalue weighted by Crippen LogP contribution is 2.12. The highest BCUT2D eigenvalue weighted by molar-refractivity contribution is 5.72. The monoisotopic (exact) mass is 197 g/mol. The summed E-state index contributed by atoms with van der Waals surface area (Å²) in [5.74, 6) is -0.163. The molecular formula is C9H15N3O2. The molecule has 5 nitrogen and oxygen atoms in total. The maximum Gasteiger partial charge on any atom is 0.323 e. The molecule has 0 atom stereocenters. The van der Waals surface area contributed by atoms with Gasteiger partial charge in [-0.15, -0.1) is 0 Å². The van der Waals surface area contributed by atoms with Crippen LogP contribution in [-0.2, 0) is 11.8 Å². The van der Waals surface area contributed by atoms with Gasteiger partial charge in [0.05, 0.1) is 0 Å². The van der Waals surface area contributed by atoms with Gasteiger partial charge in [0.1, 0.15) is 6.54 Å². The SMILES string of the molecule is CC(C)N(CC(=O)O)c1nccn1C. The fourth-order valence-corrected chi connectivity index (χ4v) is 1.26. The molecular weight excluding hydrogens is 182 g/mol. The van der Waals surface area contributed by atoms with Crippen molar-refractivity contribution in [2.24, 2.45) is 7.05 Å². The minimum atomic E-state index is -0.846. The van der Waals surface area contributed by atoms with Crippen LogP contribution in [0, 0.1) is 0 Å². The molecule has 0 spiro atoms. The number of carbonyl (C=O) groups is 1. The van der Waals surface area contributed by atoms with Crippen molar-refractivity contribution in [2.45, 2.75) is 19.9 Å². The average Bonchev–Trinajstić information content (AvgIpc) is 2.46. The highest BCUT2D eigenvalue weighted by atomic mass is 16.4. The normalized spacial score (nSPS) is 10.6. The third-order valence-corrected chi connectivity index (χ3v) is 1.98. The summed E-state index contributed by atoms with van der Waals surface area (Å²) >= 11 is 0. The zero-order valence-corrected chi connectivity index (χ0v) is 8.64. The molecule has 1 heterocycles. The number of imidazole rings is 1. The summed E-state index contributed by atoms with van der Waals surface area (Å²) in [6, 6.07) is 0.118. The van der Waals surface area contributed by atoms with Crippen molar-refractivity contribution in [3.8, 4) is 0 Å². The summed E-state index contributed by atoms with van der Waals surface area (Å²) in [5.41, 5.74) is 0. The third kappa shape index (κ3) is 2.25. The number of rotatable bonds is 4. The minimum absolute atomic E-state index is 0.0253. The van der Waals surface area contributed by atoms with Crippen LogP contribution in [0.4, 0.5) is 5.95 Å². The molecule has 78 valence electrons. The van der Waals surface area contributed by atoms with Crippen LogP contribution in [0.15, 0.2) is 12.4 Å². The van der Waals surface area contributed by atoms with E-state index in [1.54, 1.807) is 17.3 Å². The highest BCUT2D eigenvalue weighted by Gasteiger charge is 2.17. The first-order chi connectivity index (χ1) is 6.52. The molecule has 0 radical (unpaired) electrons. The van der Waals surface area contributed by atoms with Crippen LogP contribution in [0.25, 0.3) is 0 Å². The fraction of sp³-hybridized carbons (Fsp3) is 0.556. The average molecular weight is 197 g/mol. The summed E-state index contributed by atoms with van der Waals surface area (Å²) in [5, 5.41) is 8.74. The zero-order chi connectivity index (χ0) is 10.7. The van der Waals surface area contributed by atoms with E-state index < -0.39 is 5.97 Å². The molecule has 0 aliphatic carbocycles. The van der Waals surface area contributed by atoms with Gasteiger partial charge in [-0.05, 0) is 13.8 Å². The number of carboxylic acids is 1. The molecule has 0 bridgehead atoms. The number of hydrogen-bond donors (Lipinski definition) is 1. The Balaban J connectivity index is 2.88. The number of aryl methyl sites for hydroxylation is 1. The topological polar surface area (TPSA) is 58.4 Å². The molecule has 0 fully saturated rings. The first-order valence-electron chi connectivity index (χ1n) is 4.48. The summed E-state index contributed by atoms with van der Waals surface area (Å²) in [6.45, 7) is 3.86. The molecule has 5 heteroatoms. The van der Waals surface area contributed by atoms with Crippen LogP contribution < -0.4 is 4.90 Å². The van der Waals surface area contributed by atoms with E-state index in [-0.39, 0.29) is 12.6 Å². The van der Waals surface area contributed by atoms with Gasteiger partial charge in [0.15, 0.2) is 0 Å². The molecule has 1 aromatic heterocycles. The molecule has 0 unspecified atom stereocenters. The van der Waals surface area contributed by atoms with E-state index in [0.717, 1.165) is 0 Å². The van der Waals surface area contributed by atoms with Crippen molar-refractivity contribution >= 4 is 11.9 Å². The van der Waals surface area contributed by atoms with Gasteiger partial charge in [0, 0.05) is 25.5 Å². The number of hydrogen-bond acceptors (Lipinski definition) is 3. The van der Waals surface area contributed by atoms with Crippen molar-refractivity contribution in [3.05, 3.63) is 12.4 Å². The van der Waals surface area contributed by atoms with E-state index in [1.807, 2.05) is 25.5 Å². The van der Waals surface area contributed by atoms with Gasteiger partial charge >= 0.3 is 5.97 Å². The smallest absolute Gasteiger partial charge is 0.323 e. The van der Waals surface area contributed by atoms with Gasteiger partial charge in [-0.25, -0.2) is 4.98 Å². The Morgan fingerprint density at radius 2 is 2.36 bits per heavy atom. The number of aromatic nitrogens is 2. The molecule has 1 N–H and O–H groups in total. The van der Waals surface area contributed by atoms with E-state index in [2.05, 4.69) is 4.98 Å². The van der Waals surface area contributed by atoms with Crippen LogP contribution >= 0.6 is 0 Å². The van der Waals surface area contributed by atoms with Crippen molar-refractivity contribution in [1.29, 1.82) is 0 Å². The van der Waals surface area contributed by atoms with E-state index in [4.69, 9.17) is 5.11 Å². The lowest BCUT2D eigenvalue weighted by Gasteiger charge is -2.25. The standard InChI is InChI=1S/C9H15N3O2/c1-7(2)12(6-8(13)14)9-10-4-5-11(9)3/h4-5,7H,6H2,1-3H3,(H,13,14). The van der Waals surface area contributed by atoms with Crippen LogP contribution in [0.5, 0.6) is 0 Å². The Morgan fingerprint density at radius 3 is 2.71 bits per heavy atom. The van der Waals surface area contributed by atoms with Crippen LogP contribution in [0.2, 0.25) is 0 Å². The quantitative estimate of drug-likeness (QED) is 0.772. The van der Waals surface area contributed by atoms with E-state index in [0.29, 0.717) is 5.95 Å². The second-order valence-corrected chi connectivity index (χ2v) is 3.45. The van der Waals surface area contributed by atoms with E-state index >= 15 is 0 Å². The third-order valence-electron chi connectivity index (χ3n) is 1.98. The predicted molar refractivity (Wildman–Crippen MR) is 53.3 cm³/mol. The second-order valence-electron chi connectivity index (χ2n) is 3.45. The molecule has 14 heavy (non-hydrogen) atoms. The predicted octanol–water partition coefficient (Wildman–Crippen LogP) is 0.719. The first-order valence-corrected chi connectivity index (χ1v) is 4.48. The minimum Gasteiger partial charge on any atom is -0.480 e. The Morgan fingerprint density at radius 1 is 1.71 bits per heavy atom. The van der Waals surface area contributed by atoms with Gasteiger partial charge in [0.2, 0.25) is 5.95 Å². The number of anilines is 1. The van der Waals surface area contributed by atoms with Crippen molar-refractivity contribution in [3.63, 3.8) is 0 Å². The Bertz CT molecular complexity index is 320. The van der Waals surface area contributed by atoms with E-state index in [1.165, 1.54) is 0 Å². The molecule has 0 saturated carbocycles. The molecule has 0 amide bonds. The largest absolute Gasteiger partial charge is 0.480 e. The lowest BCUT2D eigenvalue weighted by molar-refractivity contribution is -0.135. The number of carboxylic acid groups (broad SMARTS) is 1. The van der Waals surface area contributed by atoms with Crippen LogP contribution in [0.3, 0.4) is 0 Å². The van der Waals surface area contributed by atoms with Crippen molar-refractivity contribution < 1.29 is 9.90 Å². The number of aliphatic carboxylic acids is 1. The molecule has 0 aliphatic heterocycles. The van der Waals surface area contributed by atoms with Gasteiger partial charge in [-0.2, -0.15) is 0 Å². The Hall–Kier alpha value is -1.52. The Labute approximate surface area is 83.0 Å². The van der Waals surface area contributed by atoms with Gasteiger partial charge in [0.25, 0.3) is 0 Å². The lowest BCUT2D eigenvalue weighted by Crippen LogP contribution is -2.37. The summed E-state index contributed by atoms with van der Waals surface area (Å²) in [6.07, 6.45) is 3.46. The Kier molecular flexibility index (Phi) is 3.11. The molecule has 1 aromatic rings. The van der Waals surface area contributed by atoms with Gasteiger partial charge in [-0.1, -0.05) is 0 Å². The maximum absolute atomic E-state index is 10.6. The molecule has 0 aliphatic rings. The van der Waals surface area contributed by atoms with Crippen LogP contribution in [0.1, 0.15) is 13.8 Å². The summed E-state index contributed by atoms with van der Waals surface area (Å²) < 4.78 is 1.81. The van der Waals surface area contributed by atoms with Crippen LogP contribution in [-0.4, -0.2) is 33.2 Å². The second kappa shape index (κ2) is 4.13. The van der Waals surface area contributed by atoms with Crippen molar-refractivity contribution in [2.75, 3.05) is 11.4 Å². The summed E-state index contributed by atoms with van der Waals surface area (Å²) in [7, 11) is 1.85. The molecule has 1 rings (SSSR count). The zero-order valence-electron chi connectivity index (χ0n) is 8.64. The maximum atomic E-state index is 10.6. The number of nitrogens with zero attached hydrogens (tertiary/aromatic N) is 3.